The quantitative estimate of drug-likeness (QED) is 0.619. The molecule has 31 heavy (non-hydrogen) atoms. The molecule has 0 spiro atoms. The topological polar surface area (TPSA) is 71.1 Å². The number of benzene rings is 1. The van der Waals surface area contributed by atoms with Gasteiger partial charge in [-0.05, 0) is 42.8 Å². The Morgan fingerprint density at radius 1 is 0.903 bits per heavy atom. The highest BCUT2D eigenvalue weighted by atomic mass is 19.4. The lowest BCUT2D eigenvalue weighted by atomic mass is 10.00. The van der Waals surface area contributed by atoms with Gasteiger partial charge in [-0.25, -0.2) is 4.98 Å². The van der Waals surface area contributed by atoms with E-state index in [4.69, 9.17) is 0 Å². The Bertz CT molecular complexity index is 938. The van der Waals surface area contributed by atoms with Crippen LogP contribution < -0.4 is 10.6 Å². The molecule has 0 aliphatic carbocycles. The molecule has 11 heteroatoms. The van der Waals surface area contributed by atoms with Gasteiger partial charge in [0.15, 0.2) is 0 Å². The molecule has 1 aromatic carbocycles. The summed E-state index contributed by atoms with van der Waals surface area (Å²) in [6.45, 7) is 4.56. The summed E-state index contributed by atoms with van der Waals surface area (Å²) in [5, 5.41) is 4.85. The van der Waals surface area contributed by atoms with Crippen LogP contribution in [0.2, 0.25) is 0 Å². The van der Waals surface area contributed by atoms with Crippen molar-refractivity contribution >= 4 is 17.6 Å². The Hall–Kier alpha value is -3.11. The van der Waals surface area contributed by atoms with E-state index in [-0.39, 0.29) is 34.8 Å². The minimum Gasteiger partial charge on any atom is -0.346 e. The molecule has 0 bridgehead atoms. The van der Waals surface area contributed by atoms with Crippen molar-refractivity contribution in [1.29, 1.82) is 0 Å². The van der Waals surface area contributed by atoms with Gasteiger partial charge >= 0.3 is 12.4 Å². The first-order chi connectivity index (χ1) is 14.2. The van der Waals surface area contributed by atoms with E-state index in [0.717, 1.165) is 0 Å². The largest absolute Gasteiger partial charge is 0.416 e. The monoisotopic (exact) mass is 447 g/mol. The van der Waals surface area contributed by atoms with Crippen LogP contribution in [-0.4, -0.2) is 16.8 Å². The van der Waals surface area contributed by atoms with E-state index < -0.39 is 35.4 Å². The van der Waals surface area contributed by atoms with E-state index in [1.54, 1.807) is 13.8 Å². The average Bonchev–Trinajstić information content (AvgIpc) is 2.66. The van der Waals surface area contributed by atoms with Crippen LogP contribution >= 0.6 is 0 Å². The number of pyridine rings is 1. The highest BCUT2D eigenvalue weighted by molar-refractivity contribution is 5.97. The second-order valence-electron chi connectivity index (χ2n) is 7.11. The summed E-state index contributed by atoms with van der Waals surface area (Å²) in [6.07, 6.45) is -8.75. The van der Waals surface area contributed by atoms with E-state index in [2.05, 4.69) is 15.6 Å². The van der Waals surface area contributed by atoms with Crippen LogP contribution in [0, 0.1) is 5.92 Å². The smallest absolute Gasteiger partial charge is 0.346 e. The number of anilines is 1. The van der Waals surface area contributed by atoms with Gasteiger partial charge < -0.3 is 10.6 Å². The number of hydrogen-bond acceptors (Lipinski definition) is 3. The van der Waals surface area contributed by atoms with Gasteiger partial charge in [-0.15, -0.1) is 0 Å². The third-order valence-corrected chi connectivity index (χ3v) is 4.26. The normalized spacial score (nSPS) is 13.1. The van der Waals surface area contributed by atoms with Gasteiger partial charge in [-0.2, -0.15) is 26.3 Å². The Labute approximate surface area is 173 Å². The maximum atomic E-state index is 13.0. The van der Waals surface area contributed by atoms with Crippen molar-refractivity contribution in [1.82, 2.24) is 10.3 Å². The number of halogens is 6. The molecule has 2 aromatic rings. The number of aromatic nitrogens is 1. The number of nitrogens with one attached hydrogen (secondary N) is 2. The molecular formula is C20H19F6N3O2. The van der Waals surface area contributed by atoms with E-state index in [0.29, 0.717) is 12.1 Å². The number of hydrogen-bond donors (Lipinski definition) is 2. The van der Waals surface area contributed by atoms with Crippen LogP contribution in [0.5, 0.6) is 0 Å². The molecule has 1 unspecified atom stereocenters. The number of nitrogens with zero attached hydrogens (tertiary/aromatic N) is 1. The molecule has 2 rings (SSSR count). The molecule has 0 aliphatic rings. The first kappa shape index (κ1) is 24.2. The first-order valence-corrected chi connectivity index (χ1v) is 9.05. The zero-order valence-corrected chi connectivity index (χ0v) is 16.7. The zero-order chi connectivity index (χ0) is 23.6. The Morgan fingerprint density at radius 3 is 1.94 bits per heavy atom. The minimum absolute atomic E-state index is 0.0175. The molecule has 2 amide bonds. The van der Waals surface area contributed by atoms with Crippen molar-refractivity contribution in [3.05, 3.63) is 58.8 Å². The van der Waals surface area contributed by atoms with E-state index in [1.165, 1.54) is 25.3 Å². The minimum atomic E-state index is -4.99. The van der Waals surface area contributed by atoms with Crippen molar-refractivity contribution in [3.63, 3.8) is 0 Å². The summed E-state index contributed by atoms with van der Waals surface area (Å²) >= 11 is 0. The Balaban J connectivity index is 2.28. The fraction of sp³-hybridized carbons (Fsp3) is 0.350. The predicted octanol–water partition coefficient (Wildman–Crippen LogP) is 5.20. The van der Waals surface area contributed by atoms with Crippen molar-refractivity contribution in [3.8, 4) is 0 Å². The zero-order valence-electron chi connectivity index (χ0n) is 16.7. The summed E-state index contributed by atoms with van der Waals surface area (Å²) in [7, 11) is 0. The van der Waals surface area contributed by atoms with E-state index in [1.807, 2.05) is 0 Å². The molecule has 0 radical (unpaired) electrons. The average molecular weight is 447 g/mol. The Morgan fingerprint density at radius 2 is 1.45 bits per heavy atom. The van der Waals surface area contributed by atoms with E-state index >= 15 is 0 Å². The van der Waals surface area contributed by atoms with Crippen LogP contribution in [0.4, 0.5) is 32.2 Å². The van der Waals surface area contributed by atoms with Crippen molar-refractivity contribution in [2.24, 2.45) is 5.92 Å². The van der Waals surface area contributed by atoms with Crippen LogP contribution in [0.15, 0.2) is 36.5 Å². The fourth-order valence-electron chi connectivity index (χ4n) is 2.50. The van der Waals surface area contributed by atoms with Gasteiger partial charge in [-0.1, -0.05) is 13.8 Å². The third kappa shape index (κ3) is 6.43. The summed E-state index contributed by atoms with van der Waals surface area (Å²) in [5.74, 6) is -1.37. The molecule has 1 heterocycles. The maximum absolute atomic E-state index is 13.0. The molecule has 1 aromatic heterocycles. The SMILES string of the molecule is CC(C)C(=O)Nc1cc(C(=O)NC(C)c2cc(C(F)(F)F)cc(C(F)(F)F)c2)ccn1. The van der Waals surface area contributed by atoms with Crippen LogP contribution in [0.25, 0.3) is 0 Å². The molecule has 2 N–H and O–H groups in total. The summed E-state index contributed by atoms with van der Waals surface area (Å²) in [5.41, 5.74) is -3.29. The highest BCUT2D eigenvalue weighted by Crippen LogP contribution is 2.37. The first-order valence-electron chi connectivity index (χ1n) is 9.05. The molecular weight excluding hydrogens is 428 g/mol. The molecule has 0 saturated carbocycles. The molecule has 1 atom stereocenters. The standard InChI is InChI=1S/C20H19F6N3O2/c1-10(2)17(30)29-16-8-12(4-5-27-16)18(31)28-11(3)13-6-14(19(21,22)23)9-15(7-13)20(24,25)26/h4-11H,1-3H3,(H,28,31)(H,27,29,30). The fourth-order valence-corrected chi connectivity index (χ4v) is 2.50. The third-order valence-electron chi connectivity index (χ3n) is 4.26. The predicted molar refractivity (Wildman–Crippen MR) is 100 cm³/mol. The lowest BCUT2D eigenvalue weighted by Crippen LogP contribution is -2.27. The van der Waals surface area contributed by atoms with Crippen molar-refractivity contribution < 1.29 is 35.9 Å². The molecule has 0 saturated heterocycles. The van der Waals surface area contributed by atoms with Gasteiger partial charge in [0, 0.05) is 17.7 Å². The van der Waals surface area contributed by atoms with Gasteiger partial charge in [0.25, 0.3) is 5.91 Å². The molecule has 168 valence electrons. The van der Waals surface area contributed by atoms with E-state index in [9.17, 15) is 35.9 Å². The summed E-state index contributed by atoms with van der Waals surface area (Å²) in [4.78, 5) is 28.1. The van der Waals surface area contributed by atoms with Crippen LogP contribution in [0.3, 0.4) is 0 Å². The maximum Gasteiger partial charge on any atom is 0.416 e. The summed E-state index contributed by atoms with van der Waals surface area (Å²) < 4.78 is 78.2. The van der Waals surface area contributed by atoms with Crippen LogP contribution in [0.1, 0.15) is 53.9 Å². The van der Waals surface area contributed by atoms with Gasteiger partial charge in [0.05, 0.1) is 17.2 Å². The number of rotatable bonds is 5. The lowest BCUT2D eigenvalue weighted by molar-refractivity contribution is -0.143. The number of carbonyl (C=O) groups is 2. The Kier molecular flexibility index (Phi) is 6.97. The lowest BCUT2D eigenvalue weighted by Gasteiger charge is -2.19. The van der Waals surface area contributed by atoms with Gasteiger partial charge in [0.1, 0.15) is 5.82 Å². The number of carbonyl (C=O) groups excluding carboxylic acids is 2. The second kappa shape index (κ2) is 8.94. The second-order valence-corrected chi connectivity index (χ2v) is 7.11. The number of alkyl halides is 6. The van der Waals surface area contributed by atoms with Gasteiger partial charge in [0.2, 0.25) is 5.91 Å². The molecule has 5 nitrogen and oxygen atoms in total. The van der Waals surface area contributed by atoms with Crippen molar-refractivity contribution in [2.75, 3.05) is 5.32 Å². The highest BCUT2D eigenvalue weighted by Gasteiger charge is 2.37. The van der Waals surface area contributed by atoms with Crippen molar-refractivity contribution in [2.45, 2.75) is 39.2 Å². The molecule has 0 aliphatic heterocycles. The summed E-state index contributed by atoms with van der Waals surface area (Å²) in [6, 6.07) is 2.50. The molecule has 0 fully saturated rings. The van der Waals surface area contributed by atoms with Gasteiger partial charge in [-0.3, -0.25) is 9.59 Å². The van der Waals surface area contributed by atoms with Crippen LogP contribution in [-0.2, 0) is 17.1 Å². The number of amides is 2.